The molecular weight excluding hydrogens is 228 g/mol. The normalized spacial score (nSPS) is 20.6. The van der Waals surface area contributed by atoms with Crippen LogP contribution in [0.4, 0.5) is 5.69 Å². The van der Waals surface area contributed by atoms with Crippen molar-refractivity contribution >= 4 is 17.4 Å². The summed E-state index contributed by atoms with van der Waals surface area (Å²) in [7, 11) is 0. The minimum atomic E-state index is 0.659. The molecule has 2 nitrogen and oxygen atoms in total. The fourth-order valence-corrected chi connectivity index (χ4v) is 2.86. The van der Waals surface area contributed by atoms with Gasteiger partial charge in [0.05, 0.1) is 0 Å². The van der Waals surface area contributed by atoms with Crippen LogP contribution < -0.4 is 10.2 Å². The molecule has 1 unspecified atom stereocenters. The molecule has 1 heterocycles. The zero-order valence-corrected chi connectivity index (χ0v) is 11.6. The van der Waals surface area contributed by atoms with Crippen LogP contribution in [-0.2, 0) is 0 Å². The van der Waals surface area contributed by atoms with E-state index >= 15 is 0 Å². The first-order chi connectivity index (χ1) is 8.33. The molecule has 17 heavy (non-hydrogen) atoms. The Labute approximate surface area is 109 Å². The molecule has 1 N–H and O–H groups in total. The van der Waals surface area contributed by atoms with E-state index in [1.54, 1.807) is 0 Å². The predicted molar refractivity (Wildman–Crippen MR) is 77.1 cm³/mol. The molecule has 0 amide bonds. The van der Waals surface area contributed by atoms with Crippen molar-refractivity contribution < 1.29 is 0 Å². The topological polar surface area (TPSA) is 15.3 Å². The highest BCUT2D eigenvalue weighted by molar-refractivity contribution is 7.98. The smallest absolute Gasteiger partial charge is 0.0378 e. The van der Waals surface area contributed by atoms with E-state index in [4.69, 9.17) is 0 Å². The van der Waals surface area contributed by atoms with Crippen molar-refractivity contribution in [1.82, 2.24) is 5.32 Å². The van der Waals surface area contributed by atoms with Gasteiger partial charge >= 0.3 is 0 Å². The van der Waals surface area contributed by atoms with Gasteiger partial charge in [-0.3, -0.25) is 0 Å². The Morgan fingerprint density at radius 3 is 3.12 bits per heavy atom. The molecular formula is C14H22N2S. The molecule has 0 radical (unpaired) electrons. The van der Waals surface area contributed by atoms with E-state index in [1.807, 2.05) is 11.8 Å². The number of hydrogen-bond acceptors (Lipinski definition) is 3. The number of anilines is 1. The number of nitrogens with zero attached hydrogens (tertiary/aromatic N) is 1. The first kappa shape index (κ1) is 12.8. The molecule has 94 valence electrons. The molecule has 1 aromatic rings. The molecule has 0 bridgehead atoms. The molecule has 0 saturated carbocycles. The van der Waals surface area contributed by atoms with Gasteiger partial charge in [-0.25, -0.2) is 0 Å². The van der Waals surface area contributed by atoms with E-state index in [-0.39, 0.29) is 0 Å². The molecule has 0 aliphatic carbocycles. The third-order valence-corrected chi connectivity index (χ3v) is 4.04. The highest BCUT2D eigenvalue weighted by atomic mass is 32.2. The third kappa shape index (κ3) is 3.39. The van der Waals surface area contributed by atoms with Gasteiger partial charge in [0, 0.05) is 36.3 Å². The lowest BCUT2D eigenvalue weighted by atomic mass is 10.1. The molecule has 2 rings (SSSR count). The predicted octanol–water partition coefficient (Wildman–Crippen LogP) is 2.99. The van der Waals surface area contributed by atoms with E-state index < -0.39 is 0 Å². The Kier molecular flexibility index (Phi) is 4.75. The zero-order valence-electron chi connectivity index (χ0n) is 10.8. The minimum Gasteiger partial charge on any atom is -0.369 e. The Balaban J connectivity index is 2.05. The van der Waals surface area contributed by atoms with E-state index in [9.17, 15) is 0 Å². The molecule has 1 aliphatic rings. The second-order valence-corrected chi connectivity index (χ2v) is 5.47. The number of piperazine rings is 1. The van der Waals surface area contributed by atoms with Crippen LogP contribution in [0.2, 0.25) is 0 Å². The molecule has 1 fully saturated rings. The first-order valence-corrected chi connectivity index (χ1v) is 7.68. The van der Waals surface area contributed by atoms with Crippen LogP contribution >= 0.6 is 11.8 Å². The lowest BCUT2D eigenvalue weighted by Gasteiger charge is -2.35. The van der Waals surface area contributed by atoms with Crippen LogP contribution in [0.1, 0.15) is 19.8 Å². The van der Waals surface area contributed by atoms with Gasteiger partial charge in [-0.15, -0.1) is 11.8 Å². The van der Waals surface area contributed by atoms with Gasteiger partial charge in [-0.1, -0.05) is 19.4 Å². The zero-order chi connectivity index (χ0) is 12.1. The standard InChI is InChI=1S/C14H22N2S/c1-3-5-12-11-16(9-8-15-12)13-6-4-7-14(10-13)17-2/h4,6-7,10,12,15H,3,5,8-9,11H2,1-2H3. The maximum Gasteiger partial charge on any atom is 0.0378 e. The van der Waals surface area contributed by atoms with Crippen molar-refractivity contribution in [3.63, 3.8) is 0 Å². The second-order valence-electron chi connectivity index (χ2n) is 4.59. The van der Waals surface area contributed by atoms with Crippen molar-refractivity contribution in [1.29, 1.82) is 0 Å². The molecule has 0 aromatic heterocycles. The average Bonchev–Trinajstić information content (AvgIpc) is 2.40. The maximum absolute atomic E-state index is 3.60. The van der Waals surface area contributed by atoms with Gasteiger partial charge in [0.1, 0.15) is 0 Å². The van der Waals surface area contributed by atoms with Gasteiger partial charge in [0.15, 0.2) is 0 Å². The SMILES string of the molecule is CCCC1CN(c2cccc(SC)c2)CCN1. The summed E-state index contributed by atoms with van der Waals surface area (Å²) >= 11 is 1.82. The largest absolute Gasteiger partial charge is 0.369 e. The van der Waals surface area contributed by atoms with E-state index in [2.05, 4.69) is 47.7 Å². The highest BCUT2D eigenvalue weighted by Crippen LogP contribution is 2.23. The average molecular weight is 250 g/mol. The van der Waals surface area contributed by atoms with Crippen molar-refractivity contribution in [2.75, 3.05) is 30.8 Å². The lowest BCUT2D eigenvalue weighted by Crippen LogP contribution is -2.50. The second kappa shape index (κ2) is 6.31. The first-order valence-electron chi connectivity index (χ1n) is 6.46. The number of nitrogens with one attached hydrogen (secondary N) is 1. The van der Waals surface area contributed by atoms with E-state index in [0.29, 0.717) is 6.04 Å². The van der Waals surface area contributed by atoms with Crippen LogP contribution in [-0.4, -0.2) is 31.9 Å². The summed E-state index contributed by atoms with van der Waals surface area (Å²) in [6.07, 6.45) is 4.67. The van der Waals surface area contributed by atoms with Crippen LogP contribution in [0, 0.1) is 0 Å². The van der Waals surface area contributed by atoms with E-state index in [1.165, 1.54) is 23.4 Å². The van der Waals surface area contributed by atoms with Crippen LogP contribution in [0.15, 0.2) is 29.2 Å². The molecule has 0 spiro atoms. The van der Waals surface area contributed by atoms with Crippen molar-refractivity contribution in [3.8, 4) is 0 Å². The summed E-state index contributed by atoms with van der Waals surface area (Å²) < 4.78 is 0. The number of rotatable bonds is 4. The van der Waals surface area contributed by atoms with Crippen molar-refractivity contribution in [3.05, 3.63) is 24.3 Å². The number of benzene rings is 1. The van der Waals surface area contributed by atoms with Crippen molar-refractivity contribution in [2.24, 2.45) is 0 Å². The van der Waals surface area contributed by atoms with Gasteiger partial charge in [-0.05, 0) is 30.9 Å². The van der Waals surface area contributed by atoms with Gasteiger partial charge in [-0.2, -0.15) is 0 Å². The summed E-state index contributed by atoms with van der Waals surface area (Å²) in [6, 6.07) is 9.54. The molecule has 1 atom stereocenters. The van der Waals surface area contributed by atoms with Gasteiger partial charge < -0.3 is 10.2 Å². The summed E-state index contributed by atoms with van der Waals surface area (Å²) in [5.74, 6) is 0. The Morgan fingerprint density at radius 2 is 2.35 bits per heavy atom. The fraction of sp³-hybridized carbons (Fsp3) is 0.571. The fourth-order valence-electron chi connectivity index (χ4n) is 2.41. The Hall–Kier alpha value is -0.670. The number of thioether (sulfide) groups is 1. The summed E-state index contributed by atoms with van der Waals surface area (Å²) in [6.45, 7) is 5.63. The van der Waals surface area contributed by atoms with Gasteiger partial charge in [0.2, 0.25) is 0 Å². The van der Waals surface area contributed by atoms with Crippen LogP contribution in [0.3, 0.4) is 0 Å². The molecule has 1 aliphatic heterocycles. The van der Waals surface area contributed by atoms with E-state index in [0.717, 1.165) is 19.6 Å². The summed E-state index contributed by atoms with van der Waals surface area (Å²) in [5, 5.41) is 3.60. The number of hydrogen-bond donors (Lipinski definition) is 1. The minimum absolute atomic E-state index is 0.659. The maximum atomic E-state index is 3.60. The lowest BCUT2D eigenvalue weighted by molar-refractivity contribution is 0.431. The summed E-state index contributed by atoms with van der Waals surface area (Å²) in [5.41, 5.74) is 1.37. The molecule has 1 saturated heterocycles. The third-order valence-electron chi connectivity index (χ3n) is 3.31. The quantitative estimate of drug-likeness (QED) is 0.827. The summed E-state index contributed by atoms with van der Waals surface area (Å²) in [4.78, 5) is 3.87. The molecule has 1 aromatic carbocycles. The Bertz CT molecular complexity index is 352. The van der Waals surface area contributed by atoms with Crippen molar-refractivity contribution in [2.45, 2.75) is 30.7 Å². The van der Waals surface area contributed by atoms with Crippen LogP contribution in [0.5, 0.6) is 0 Å². The highest BCUT2D eigenvalue weighted by Gasteiger charge is 2.18. The van der Waals surface area contributed by atoms with Gasteiger partial charge in [0.25, 0.3) is 0 Å². The Morgan fingerprint density at radius 1 is 1.47 bits per heavy atom. The van der Waals surface area contributed by atoms with Crippen LogP contribution in [0.25, 0.3) is 0 Å². The monoisotopic (exact) mass is 250 g/mol. The molecule has 3 heteroatoms.